The maximum Gasteiger partial charge on any atom is 0.397 e. The molecular formula is C16H18ClF3N4OS. The van der Waals surface area contributed by atoms with Crippen LogP contribution in [0.2, 0.25) is 5.15 Å². The van der Waals surface area contributed by atoms with E-state index in [1.165, 1.54) is 9.58 Å². The van der Waals surface area contributed by atoms with E-state index in [1.807, 2.05) is 0 Å². The molecule has 26 heavy (non-hydrogen) atoms. The zero-order chi connectivity index (χ0) is 19.2. The van der Waals surface area contributed by atoms with E-state index in [-0.39, 0.29) is 23.2 Å². The van der Waals surface area contributed by atoms with Crippen molar-refractivity contribution in [1.82, 2.24) is 14.8 Å². The minimum absolute atomic E-state index is 0.146. The van der Waals surface area contributed by atoms with Gasteiger partial charge in [0, 0.05) is 19.2 Å². The van der Waals surface area contributed by atoms with Crippen LogP contribution in [0.15, 0.2) is 30.7 Å². The minimum Gasteiger partial charge on any atom is -0.309 e. The maximum absolute atomic E-state index is 12.4. The molecule has 10 heteroatoms. The topological polar surface area (TPSA) is 51.0 Å². The first-order valence-corrected chi connectivity index (χ1v) is 9.45. The summed E-state index contributed by atoms with van der Waals surface area (Å²) in [5.41, 5.74) is 1.17. The molecule has 0 unspecified atom stereocenters. The number of halogens is 4. The first-order chi connectivity index (χ1) is 12.3. The van der Waals surface area contributed by atoms with E-state index in [2.05, 4.69) is 10.1 Å². The minimum atomic E-state index is -4.18. The Kier molecular flexibility index (Phi) is 7.33. The Morgan fingerprint density at radius 2 is 2.19 bits per heavy atom. The monoisotopic (exact) mass is 406 g/mol. The van der Waals surface area contributed by atoms with Gasteiger partial charge in [0.1, 0.15) is 5.69 Å². The van der Waals surface area contributed by atoms with E-state index in [1.54, 1.807) is 37.6 Å². The van der Waals surface area contributed by atoms with E-state index < -0.39 is 11.9 Å². The molecule has 2 rings (SSSR count). The molecule has 1 amide bonds. The largest absolute Gasteiger partial charge is 0.397 e. The Morgan fingerprint density at radius 3 is 2.81 bits per heavy atom. The summed E-state index contributed by atoms with van der Waals surface area (Å²) in [7, 11) is 0. The highest BCUT2D eigenvalue weighted by atomic mass is 35.5. The number of aromatic nitrogens is 3. The van der Waals surface area contributed by atoms with Gasteiger partial charge < -0.3 is 4.90 Å². The molecule has 0 saturated heterocycles. The summed E-state index contributed by atoms with van der Waals surface area (Å²) in [5, 5.41) is 4.36. The van der Waals surface area contributed by atoms with Crippen LogP contribution in [0.25, 0.3) is 5.69 Å². The van der Waals surface area contributed by atoms with Crippen molar-refractivity contribution >= 4 is 35.0 Å². The number of hydrogen-bond acceptors (Lipinski definition) is 4. The fraction of sp³-hybridized carbons (Fsp3) is 0.438. The number of rotatable bonds is 8. The van der Waals surface area contributed by atoms with E-state index in [9.17, 15) is 18.0 Å². The average molecular weight is 407 g/mol. The van der Waals surface area contributed by atoms with Crippen LogP contribution in [0.5, 0.6) is 0 Å². The van der Waals surface area contributed by atoms with Crippen molar-refractivity contribution in [2.45, 2.75) is 25.9 Å². The van der Waals surface area contributed by atoms with Gasteiger partial charge in [-0.2, -0.15) is 30.0 Å². The lowest BCUT2D eigenvalue weighted by atomic mass is 10.3. The highest BCUT2D eigenvalue weighted by molar-refractivity contribution is 7.99. The Bertz CT molecular complexity index is 724. The molecule has 5 nitrogen and oxygen atoms in total. The average Bonchev–Trinajstić information content (AvgIpc) is 2.97. The first kappa shape index (κ1) is 20.6. The van der Waals surface area contributed by atoms with Gasteiger partial charge in [0.05, 0.1) is 23.8 Å². The molecule has 2 aromatic heterocycles. The molecule has 0 aromatic carbocycles. The Labute approximate surface area is 158 Å². The van der Waals surface area contributed by atoms with Crippen molar-refractivity contribution in [3.63, 3.8) is 0 Å². The molecule has 0 spiro atoms. The molecular weight excluding hydrogens is 389 g/mol. The summed E-state index contributed by atoms with van der Waals surface area (Å²) in [4.78, 5) is 17.9. The fourth-order valence-electron chi connectivity index (χ4n) is 2.28. The molecule has 0 N–H and O–H groups in total. The molecule has 0 aliphatic rings. The van der Waals surface area contributed by atoms with Crippen LogP contribution < -0.4 is 4.90 Å². The zero-order valence-electron chi connectivity index (χ0n) is 14.0. The van der Waals surface area contributed by atoms with Gasteiger partial charge in [0.2, 0.25) is 5.91 Å². The van der Waals surface area contributed by atoms with Gasteiger partial charge in [0.15, 0.2) is 5.15 Å². The lowest BCUT2D eigenvalue weighted by molar-refractivity contribution is -0.118. The zero-order valence-corrected chi connectivity index (χ0v) is 15.6. The molecule has 0 bridgehead atoms. The predicted molar refractivity (Wildman–Crippen MR) is 97.0 cm³/mol. The number of anilines is 1. The SMILES string of the molecule is CCN(C(=O)CCCSCC(F)(F)F)c1cn(-c2cccnc2)nc1Cl. The number of thioether (sulfide) groups is 1. The number of carbonyl (C=O) groups is 1. The molecule has 142 valence electrons. The van der Waals surface area contributed by atoms with E-state index >= 15 is 0 Å². The van der Waals surface area contributed by atoms with Gasteiger partial charge in [-0.15, -0.1) is 0 Å². The number of alkyl halides is 3. The van der Waals surface area contributed by atoms with Crippen LogP contribution in [-0.2, 0) is 4.79 Å². The number of pyridine rings is 1. The molecule has 2 heterocycles. The lowest BCUT2D eigenvalue weighted by Gasteiger charge is -2.19. The molecule has 0 fully saturated rings. The molecule has 2 aromatic rings. The van der Waals surface area contributed by atoms with Crippen LogP contribution in [0.1, 0.15) is 19.8 Å². The Morgan fingerprint density at radius 1 is 1.42 bits per heavy atom. The van der Waals surface area contributed by atoms with Crippen LogP contribution in [0, 0.1) is 0 Å². The fourth-order valence-corrected chi connectivity index (χ4v) is 3.23. The van der Waals surface area contributed by atoms with Crippen LogP contribution >= 0.6 is 23.4 Å². The molecule has 0 aliphatic heterocycles. The summed E-state index contributed by atoms with van der Waals surface area (Å²) in [6.45, 7) is 2.18. The highest BCUT2D eigenvalue weighted by Crippen LogP contribution is 2.27. The number of nitrogens with zero attached hydrogens (tertiary/aromatic N) is 4. The summed E-state index contributed by atoms with van der Waals surface area (Å²) in [5.74, 6) is -0.832. The van der Waals surface area contributed by atoms with Gasteiger partial charge >= 0.3 is 6.18 Å². The summed E-state index contributed by atoms with van der Waals surface area (Å²) < 4.78 is 37.9. The summed E-state index contributed by atoms with van der Waals surface area (Å²) >= 11 is 6.95. The second kappa shape index (κ2) is 9.27. The highest BCUT2D eigenvalue weighted by Gasteiger charge is 2.26. The van der Waals surface area contributed by atoms with Crippen molar-refractivity contribution in [1.29, 1.82) is 0 Å². The maximum atomic E-state index is 12.4. The van der Waals surface area contributed by atoms with Crippen molar-refractivity contribution in [2.24, 2.45) is 0 Å². The predicted octanol–water partition coefficient (Wildman–Crippen LogP) is 4.35. The molecule has 0 saturated carbocycles. The molecule has 0 radical (unpaired) electrons. The second-order valence-electron chi connectivity index (χ2n) is 5.37. The van der Waals surface area contributed by atoms with Gasteiger partial charge in [-0.3, -0.25) is 9.78 Å². The molecule has 0 atom stereocenters. The lowest BCUT2D eigenvalue weighted by Crippen LogP contribution is -2.30. The van der Waals surface area contributed by atoms with Crippen LogP contribution in [-0.4, -0.2) is 44.9 Å². The standard InChI is InChI=1S/C16H18ClF3N4OS/c1-2-23(14(25)6-4-8-26-11-16(18,19)20)13-10-24(22-15(13)17)12-5-3-7-21-9-12/h3,5,7,9-10H,2,4,6,8,11H2,1H3. The quantitative estimate of drug-likeness (QED) is 0.611. The van der Waals surface area contributed by atoms with Crippen molar-refractivity contribution in [3.8, 4) is 5.69 Å². The van der Waals surface area contributed by atoms with E-state index in [0.717, 1.165) is 11.8 Å². The van der Waals surface area contributed by atoms with Gasteiger partial charge in [-0.25, -0.2) is 4.68 Å². The van der Waals surface area contributed by atoms with E-state index in [0.29, 0.717) is 24.3 Å². The van der Waals surface area contributed by atoms with Crippen molar-refractivity contribution < 1.29 is 18.0 Å². The third kappa shape index (κ3) is 5.91. The number of hydrogen-bond donors (Lipinski definition) is 0. The molecule has 0 aliphatic carbocycles. The van der Waals surface area contributed by atoms with Crippen LogP contribution in [0.4, 0.5) is 18.9 Å². The van der Waals surface area contributed by atoms with Gasteiger partial charge in [0.25, 0.3) is 0 Å². The van der Waals surface area contributed by atoms with E-state index in [4.69, 9.17) is 11.6 Å². The Hall–Kier alpha value is -1.74. The smallest absolute Gasteiger partial charge is 0.309 e. The number of carbonyl (C=O) groups excluding carboxylic acids is 1. The normalized spacial score (nSPS) is 11.6. The van der Waals surface area contributed by atoms with Crippen molar-refractivity contribution in [3.05, 3.63) is 35.9 Å². The third-order valence-corrected chi connectivity index (χ3v) is 4.79. The van der Waals surface area contributed by atoms with Crippen LogP contribution in [0.3, 0.4) is 0 Å². The second-order valence-corrected chi connectivity index (χ2v) is 6.83. The number of amides is 1. The van der Waals surface area contributed by atoms with Crippen molar-refractivity contribution in [2.75, 3.05) is 23.0 Å². The first-order valence-electron chi connectivity index (χ1n) is 7.92. The summed E-state index contributed by atoms with van der Waals surface area (Å²) in [6, 6.07) is 3.56. The summed E-state index contributed by atoms with van der Waals surface area (Å²) in [6.07, 6.45) is 1.21. The van der Waals surface area contributed by atoms with Gasteiger partial charge in [-0.05, 0) is 31.2 Å². The van der Waals surface area contributed by atoms with Gasteiger partial charge in [-0.1, -0.05) is 11.6 Å². The Balaban J connectivity index is 1.97. The third-order valence-electron chi connectivity index (χ3n) is 3.42.